The fourth-order valence-corrected chi connectivity index (χ4v) is 5.00. The monoisotopic (exact) mass is 401 g/mol. The van der Waals surface area contributed by atoms with E-state index in [0.29, 0.717) is 11.7 Å². The number of rotatable bonds is 4. The maximum atomic E-state index is 10.1. The Morgan fingerprint density at radius 2 is 1.95 bits per heavy atom. The van der Waals surface area contributed by atoms with Gasteiger partial charge in [0, 0.05) is 0 Å². The fourth-order valence-electron chi connectivity index (χ4n) is 2.88. The van der Waals surface area contributed by atoms with Crippen LogP contribution in [0.4, 0.5) is 0 Å². The van der Waals surface area contributed by atoms with Crippen molar-refractivity contribution in [2.75, 3.05) is 16.0 Å². The van der Waals surface area contributed by atoms with Crippen LogP contribution in [0, 0.1) is 0 Å². The molecule has 1 fully saturated rings. The maximum absolute atomic E-state index is 10.1. The van der Waals surface area contributed by atoms with Crippen molar-refractivity contribution in [1.29, 1.82) is 0 Å². The predicted octanol–water partition coefficient (Wildman–Crippen LogP) is -1.28. The first-order valence-corrected chi connectivity index (χ1v) is 9.85. The van der Waals surface area contributed by atoms with Crippen molar-refractivity contribution in [3.8, 4) is 11.5 Å². The zero-order valence-electron chi connectivity index (χ0n) is 11.8. The molecule has 0 saturated carbocycles. The molecule has 0 amide bonds. The number of hydrogen-bond donors (Lipinski definition) is 3. The van der Waals surface area contributed by atoms with Gasteiger partial charge in [-0.2, -0.15) is 0 Å². The minimum absolute atomic E-state index is 0.0806. The Bertz CT molecular complexity index is 680. The third-order valence-corrected chi connectivity index (χ3v) is 7.38. The van der Waals surface area contributed by atoms with E-state index in [1.165, 1.54) is 16.0 Å². The summed E-state index contributed by atoms with van der Waals surface area (Å²) in [6.45, 7) is -0.174. The van der Waals surface area contributed by atoms with Gasteiger partial charge in [0.1, 0.15) is 0 Å². The molecule has 2 aromatic carbocycles. The van der Waals surface area contributed by atoms with Crippen molar-refractivity contribution < 1.29 is 41.3 Å². The summed E-state index contributed by atoms with van der Waals surface area (Å²) in [5.41, 5.74) is 2.68. The van der Waals surface area contributed by atoms with Crippen molar-refractivity contribution in [3.63, 3.8) is 0 Å². The number of methoxy groups -OCH3 is 1. The Morgan fingerprint density at radius 3 is 2.48 bits per heavy atom. The van der Waals surface area contributed by atoms with Gasteiger partial charge in [-0.15, -0.1) is 0 Å². The molecule has 3 rings (SSSR count). The van der Waals surface area contributed by atoms with Gasteiger partial charge < -0.3 is 0 Å². The number of halogens is 1. The Balaban J connectivity index is 2.33. The molecule has 1 aliphatic rings. The number of aliphatic hydroxyl groups excluding tert-OH is 2. The Labute approximate surface area is 133 Å². The van der Waals surface area contributed by atoms with Gasteiger partial charge in [-0.05, 0) is 0 Å². The Hall–Kier alpha value is -1.05. The van der Waals surface area contributed by atoms with E-state index in [9.17, 15) is 15.3 Å². The average molecular weight is 401 g/mol. The van der Waals surface area contributed by atoms with E-state index in [-0.39, 0.29) is 40.2 Å². The van der Waals surface area contributed by atoms with Gasteiger partial charge in [-0.3, -0.25) is 0 Å². The molecule has 0 aromatic heterocycles. The van der Waals surface area contributed by atoms with E-state index in [1.807, 2.05) is 6.07 Å². The SMILES string of the molecule is COc1cc2cc(CO)c(CO)c(C3C[I-]C3)c2cc1O. The number of ether oxygens (including phenoxy) is 1. The molecule has 4 nitrogen and oxygen atoms in total. The molecule has 2 aromatic rings. The molecule has 3 N–H and O–H groups in total. The molecular weight excluding hydrogens is 383 g/mol. The molecule has 1 saturated heterocycles. The van der Waals surface area contributed by atoms with Crippen LogP contribution in [0.5, 0.6) is 11.5 Å². The summed E-state index contributed by atoms with van der Waals surface area (Å²) in [5.74, 6) is 0.984. The van der Waals surface area contributed by atoms with E-state index < -0.39 is 0 Å². The third kappa shape index (κ3) is 2.47. The average Bonchev–Trinajstić information content (AvgIpc) is 2.44. The zero-order valence-corrected chi connectivity index (χ0v) is 13.9. The summed E-state index contributed by atoms with van der Waals surface area (Å²) >= 11 is 0.287. The summed E-state index contributed by atoms with van der Waals surface area (Å²) in [7, 11) is 1.52. The quantitative estimate of drug-likeness (QED) is 0.442. The topological polar surface area (TPSA) is 69.9 Å². The van der Waals surface area contributed by atoms with Gasteiger partial charge >= 0.3 is 134 Å². The van der Waals surface area contributed by atoms with Crippen LogP contribution in [0.1, 0.15) is 22.6 Å². The van der Waals surface area contributed by atoms with Crippen LogP contribution >= 0.6 is 0 Å². The van der Waals surface area contributed by atoms with Crippen LogP contribution in [0.25, 0.3) is 10.8 Å². The molecule has 0 bridgehead atoms. The van der Waals surface area contributed by atoms with Crippen LogP contribution in [-0.4, -0.2) is 31.3 Å². The van der Waals surface area contributed by atoms with Crippen molar-refractivity contribution in [3.05, 3.63) is 34.9 Å². The molecule has 0 radical (unpaired) electrons. The first-order chi connectivity index (χ1) is 10.2. The Kier molecular flexibility index (Phi) is 4.24. The number of phenols is 1. The molecule has 0 atom stereocenters. The van der Waals surface area contributed by atoms with Gasteiger partial charge in [0.25, 0.3) is 0 Å². The van der Waals surface area contributed by atoms with Crippen molar-refractivity contribution in [1.82, 2.24) is 0 Å². The van der Waals surface area contributed by atoms with Crippen molar-refractivity contribution in [2.24, 2.45) is 0 Å². The summed E-state index contributed by atoms with van der Waals surface area (Å²) in [4.78, 5) is 0. The second-order valence-electron chi connectivity index (χ2n) is 5.18. The van der Waals surface area contributed by atoms with E-state index in [0.717, 1.165) is 27.5 Å². The van der Waals surface area contributed by atoms with E-state index >= 15 is 0 Å². The number of phenolic OH excluding ortho intramolecular Hbond substituents is 1. The summed E-state index contributed by atoms with van der Waals surface area (Å²) in [6, 6.07) is 5.39. The summed E-state index contributed by atoms with van der Waals surface area (Å²) in [6.07, 6.45) is 0. The number of alkyl halides is 2. The molecule has 21 heavy (non-hydrogen) atoms. The fraction of sp³-hybridized carbons (Fsp3) is 0.375. The van der Waals surface area contributed by atoms with E-state index in [2.05, 4.69) is 0 Å². The van der Waals surface area contributed by atoms with Crippen molar-refractivity contribution in [2.45, 2.75) is 19.1 Å². The molecule has 1 aliphatic heterocycles. The molecule has 0 unspecified atom stereocenters. The number of aliphatic hydroxyl groups is 2. The Morgan fingerprint density at radius 1 is 1.19 bits per heavy atom. The van der Waals surface area contributed by atoms with Crippen LogP contribution in [0.3, 0.4) is 0 Å². The number of benzene rings is 2. The van der Waals surface area contributed by atoms with Crippen LogP contribution in [0.15, 0.2) is 18.2 Å². The number of fused-ring (bicyclic) bond motifs is 1. The summed E-state index contributed by atoms with van der Waals surface area (Å²) < 4.78 is 7.56. The first kappa shape index (κ1) is 14.9. The van der Waals surface area contributed by atoms with Gasteiger partial charge in [-0.25, -0.2) is 0 Å². The van der Waals surface area contributed by atoms with Crippen LogP contribution in [0.2, 0.25) is 0 Å². The van der Waals surface area contributed by atoms with Gasteiger partial charge in [-0.1, -0.05) is 0 Å². The molecule has 0 spiro atoms. The van der Waals surface area contributed by atoms with Crippen molar-refractivity contribution >= 4 is 10.8 Å². The third-order valence-electron chi connectivity index (χ3n) is 4.01. The second-order valence-corrected chi connectivity index (χ2v) is 8.02. The second kappa shape index (κ2) is 5.98. The van der Waals surface area contributed by atoms with Crippen LogP contribution < -0.4 is 25.9 Å². The van der Waals surface area contributed by atoms with E-state index in [1.54, 1.807) is 12.1 Å². The van der Waals surface area contributed by atoms with Gasteiger partial charge in [0.05, 0.1) is 0 Å². The van der Waals surface area contributed by atoms with E-state index in [4.69, 9.17) is 4.74 Å². The summed E-state index contributed by atoms with van der Waals surface area (Å²) in [5, 5.41) is 31.3. The molecule has 114 valence electrons. The molecule has 0 aliphatic carbocycles. The predicted molar refractivity (Wildman–Crippen MR) is 76.5 cm³/mol. The molecule has 1 heterocycles. The molecule has 5 heteroatoms. The first-order valence-electron chi connectivity index (χ1n) is 6.80. The molecular formula is C16H18IO4-. The normalized spacial score (nSPS) is 15.6. The minimum atomic E-state index is -0.0935. The van der Waals surface area contributed by atoms with Gasteiger partial charge in [0.2, 0.25) is 0 Å². The standard InChI is InChI=1S/C16H18IO4/c1-21-15-3-9-2-10(7-18)13(8-19)16(11-5-17-6-11)12(9)4-14(15)20/h2-4,11,18-20H,5-8H2,1H3/q-1. The van der Waals surface area contributed by atoms with Crippen LogP contribution in [-0.2, 0) is 13.2 Å². The number of hydrogen-bond acceptors (Lipinski definition) is 4. The zero-order chi connectivity index (χ0) is 15.0. The van der Waals surface area contributed by atoms with Gasteiger partial charge in [0.15, 0.2) is 0 Å². The number of aromatic hydroxyl groups is 1.